The van der Waals surface area contributed by atoms with Crippen LogP contribution in [0.25, 0.3) is 54.2 Å². The molecule has 4 aromatic carbocycles. The Morgan fingerprint density at radius 1 is 0.632 bits per heavy atom. The average Bonchev–Trinajstić information content (AvgIpc) is 3.43. The van der Waals surface area contributed by atoms with Gasteiger partial charge in [0.05, 0.1) is 25.3 Å². The van der Waals surface area contributed by atoms with Crippen LogP contribution in [0.15, 0.2) is 84.2 Å². The number of hydrogen-bond donors (Lipinski definition) is 0. The van der Waals surface area contributed by atoms with Crippen molar-refractivity contribution in [3.8, 4) is 45.5 Å². The quantitative estimate of drug-likeness (QED) is 0.174. The molecule has 0 spiro atoms. The lowest BCUT2D eigenvalue weighted by molar-refractivity contribution is 0.619. The number of halogens is 1. The summed E-state index contributed by atoms with van der Waals surface area (Å²) in [6.45, 7) is 17.0. The Bertz CT molecular complexity index is 1950. The van der Waals surface area contributed by atoms with E-state index < -0.39 is 0 Å². The maximum atomic E-state index is 13.9. The van der Waals surface area contributed by atoms with E-state index in [1.807, 2.05) is 60.7 Å². The van der Waals surface area contributed by atoms with Crippen LogP contribution in [0.4, 0.5) is 4.39 Å². The third-order valence-electron chi connectivity index (χ3n) is 7.16. The van der Waals surface area contributed by atoms with E-state index >= 15 is 0 Å². The fourth-order valence-electron chi connectivity index (χ4n) is 5.46. The van der Waals surface area contributed by atoms with Gasteiger partial charge in [-0.25, -0.2) is 24.6 Å². The minimum atomic E-state index is -0.280. The summed E-state index contributed by atoms with van der Waals surface area (Å²) in [7, 11) is 0. The molecule has 0 bridgehead atoms. The van der Waals surface area contributed by atoms with E-state index in [9.17, 15) is 14.9 Å². The zero-order chi connectivity index (χ0) is 26.6. The Morgan fingerprint density at radius 2 is 1.13 bits per heavy atom. The Balaban J connectivity index is 1.67. The summed E-state index contributed by atoms with van der Waals surface area (Å²) in [4.78, 5) is 7.05. The highest BCUT2D eigenvalue weighted by atomic mass is 19.1. The average molecular weight is 487 g/mol. The molecule has 0 heterocycles. The van der Waals surface area contributed by atoms with E-state index in [4.69, 9.17) is 13.1 Å². The lowest BCUT2D eigenvalue weighted by atomic mass is 9.95. The number of fused-ring (bicyclic) bond motifs is 6. The number of benzene rings is 4. The van der Waals surface area contributed by atoms with E-state index in [0.717, 1.165) is 55.6 Å². The topological polar surface area (TPSA) is 56.3 Å². The molecule has 0 radical (unpaired) electrons. The number of rotatable bonds is 1. The van der Waals surface area contributed by atoms with E-state index in [1.54, 1.807) is 19.1 Å². The van der Waals surface area contributed by atoms with Crippen LogP contribution in [0.5, 0.6) is 0 Å². The van der Waals surface area contributed by atoms with Crippen molar-refractivity contribution in [3.63, 3.8) is 0 Å². The molecule has 4 aromatic rings. The van der Waals surface area contributed by atoms with Gasteiger partial charge in [0.25, 0.3) is 11.4 Å². The summed E-state index contributed by atoms with van der Waals surface area (Å²) < 4.78 is 13.9. The first-order valence-corrected chi connectivity index (χ1v) is 11.7. The van der Waals surface area contributed by atoms with Gasteiger partial charge in [0.15, 0.2) is 0 Å². The molecule has 0 saturated carbocycles. The van der Waals surface area contributed by atoms with Crippen LogP contribution in [0, 0.1) is 48.5 Å². The standard InChI is InChI=1S/C33H15FN4/c1-18-12-19(9-11-29(18)34)20-8-10-22-25-15-27-24(14-28(25)33(26(22)13-20)31(17-36)38-3)21-6-4-5-7-23(21)32(27)30(16-35)37-2/h4-15H,1H3/b32-30-,33-31+. The smallest absolute Gasteiger partial charge is 0.226 e. The molecule has 4 nitrogen and oxygen atoms in total. The first kappa shape index (κ1) is 22.7. The van der Waals surface area contributed by atoms with Gasteiger partial charge in [-0.2, -0.15) is 0 Å². The minimum absolute atomic E-state index is 0.0155. The van der Waals surface area contributed by atoms with Gasteiger partial charge in [0.2, 0.25) is 0 Å². The molecule has 174 valence electrons. The number of allylic oxidation sites excluding steroid dienone is 2. The molecule has 2 aliphatic carbocycles. The third kappa shape index (κ3) is 3.11. The van der Waals surface area contributed by atoms with Crippen LogP contribution in [-0.2, 0) is 0 Å². The lowest BCUT2D eigenvalue weighted by Gasteiger charge is -2.09. The maximum Gasteiger partial charge on any atom is 0.270 e. The second-order valence-corrected chi connectivity index (χ2v) is 9.11. The summed E-state index contributed by atoms with van der Waals surface area (Å²) in [6.07, 6.45) is 0. The van der Waals surface area contributed by atoms with Gasteiger partial charge in [-0.1, -0.05) is 42.5 Å². The summed E-state index contributed by atoms with van der Waals surface area (Å²) in [5.41, 5.74) is 9.91. The second-order valence-electron chi connectivity index (χ2n) is 9.11. The highest BCUT2D eigenvalue weighted by Crippen LogP contribution is 2.54. The van der Waals surface area contributed by atoms with Crippen molar-refractivity contribution >= 4 is 11.1 Å². The monoisotopic (exact) mass is 486 g/mol. The maximum absolute atomic E-state index is 13.9. The molecular weight excluding hydrogens is 471 g/mol. The Morgan fingerprint density at radius 3 is 1.71 bits per heavy atom. The van der Waals surface area contributed by atoms with Crippen molar-refractivity contribution < 1.29 is 4.39 Å². The lowest BCUT2D eigenvalue weighted by Crippen LogP contribution is -1.90. The van der Waals surface area contributed by atoms with E-state index in [2.05, 4.69) is 15.8 Å². The largest absolute Gasteiger partial charge is 0.270 e. The normalized spacial score (nSPS) is 14.6. The van der Waals surface area contributed by atoms with Crippen LogP contribution in [0.2, 0.25) is 0 Å². The fraction of sp³-hybridized carbons (Fsp3) is 0.0303. The minimum Gasteiger partial charge on any atom is -0.226 e. The van der Waals surface area contributed by atoms with Crippen molar-refractivity contribution in [2.24, 2.45) is 0 Å². The molecular formula is C33H15FN4. The SMILES string of the molecule is [C-]#[N+]/C(C#N)=C1/c2ccccc2-c2cc3c(cc21)-c1ccc(-c2ccc(F)c(C)c2)cc1/C3=C(/C#N)[N+]#[C-]. The van der Waals surface area contributed by atoms with Gasteiger partial charge in [0, 0.05) is 11.1 Å². The predicted octanol–water partition coefficient (Wildman–Crippen LogP) is 8.17. The van der Waals surface area contributed by atoms with Crippen molar-refractivity contribution in [1.29, 1.82) is 10.5 Å². The molecule has 0 N–H and O–H groups in total. The van der Waals surface area contributed by atoms with E-state index in [1.165, 1.54) is 6.07 Å². The summed E-state index contributed by atoms with van der Waals surface area (Å²) in [5, 5.41) is 19.6. The predicted molar refractivity (Wildman–Crippen MR) is 144 cm³/mol. The molecule has 0 saturated heterocycles. The Labute approximate surface area is 219 Å². The molecule has 6 rings (SSSR count). The van der Waals surface area contributed by atoms with Gasteiger partial charge < -0.3 is 0 Å². The van der Waals surface area contributed by atoms with Crippen LogP contribution < -0.4 is 0 Å². The highest BCUT2D eigenvalue weighted by molar-refractivity contribution is 6.11. The van der Waals surface area contributed by atoms with Crippen molar-refractivity contribution in [1.82, 2.24) is 0 Å². The van der Waals surface area contributed by atoms with Gasteiger partial charge in [-0.3, -0.25) is 0 Å². The van der Waals surface area contributed by atoms with Crippen LogP contribution in [-0.4, -0.2) is 0 Å². The van der Waals surface area contributed by atoms with Gasteiger partial charge in [0.1, 0.15) is 5.82 Å². The number of nitrogens with zero attached hydrogens (tertiary/aromatic N) is 4. The van der Waals surface area contributed by atoms with Crippen molar-refractivity contribution in [3.05, 3.63) is 141 Å². The summed E-state index contributed by atoms with van der Waals surface area (Å²) in [6, 6.07) is 26.5. The van der Waals surface area contributed by atoms with Crippen LogP contribution in [0.1, 0.15) is 27.8 Å². The molecule has 0 aliphatic heterocycles. The van der Waals surface area contributed by atoms with Gasteiger partial charge in [-0.15, -0.1) is 0 Å². The molecule has 5 heteroatoms. The number of nitriles is 2. The zero-order valence-electron chi connectivity index (χ0n) is 20.1. The third-order valence-corrected chi connectivity index (χ3v) is 7.16. The second kappa shape index (κ2) is 8.43. The Hall–Kier alpha value is -5.75. The molecule has 0 aromatic heterocycles. The fourth-order valence-corrected chi connectivity index (χ4v) is 5.46. The van der Waals surface area contributed by atoms with Gasteiger partial charge in [-0.05, 0) is 98.5 Å². The molecule has 2 aliphatic rings. The molecule has 0 amide bonds. The molecule has 0 unspecified atom stereocenters. The summed E-state index contributed by atoms with van der Waals surface area (Å²) >= 11 is 0. The van der Waals surface area contributed by atoms with Gasteiger partial charge >= 0.3 is 0 Å². The van der Waals surface area contributed by atoms with Crippen molar-refractivity contribution in [2.45, 2.75) is 6.92 Å². The summed E-state index contributed by atoms with van der Waals surface area (Å²) in [5.74, 6) is -0.280. The van der Waals surface area contributed by atoms with Crippen molar-refractivity contribution in [2.75, 3.05) is 0 Å². The highest BCUT2D eigenvalue weighted by Gasteiger charge is 2.33. The number of hydrogen-bond acceptors (Lipinski definition) is 2. The van der Waals surface area contributed by atoms with Crippen LogP contribution in [0.3, 0.4) is 0 Å². The van der Waals surface area contributed by atoms with Crippen LogP contribution >= 0.6 is 0 Å². The molecule has 38 heavy (non-hydrogen) atoms. The first-order chi connectivity index (χ1) is 18.5. The zero-order valence-corrected chi connectivity index (χ0v) is 20.1. The van der Waals surface area contributed by atoms with E-state index in [0.29, 0.717) is 16.7 Å². The molecule has 0 atom stereocenters. The Kier molecular flexibility index (Phi) is 5.03. The number of aryl methyl sites for hydroxylation is 1. The molecule has 0 fully saturated rings. The first-order valence-electron chi connectivity index (χ1n) is 11.7. The van der Waals surface area contributed by atoms with E-state index in [-0.39, 0.29) is 17.2 Å².